The number of hydrogen-bond donors (Lipinski definition) is 2. The molecule has 0 unspecified atom stereocenters. The van der Waals surface area contributed by atoms with Gasteiger partial charge < -0.3 is 19.8 Å². The van der Waals surface area contributed by atoms with Gasteiger partial charge in [-0.2, -0.15) is 0 Å². The molecular weight excluding hydrogens is 198 g/mol. The van der Waals surface area contributed by atoms with E-state index in [0.29, 0.717) is 6.42 Å². The highest BCUT2D eigenvalue weighted by Crippen LogP contribution is 2.20. The van der Waals surface area contributed by atoms with Gasteiger partial charge in [0.1, 0.15) is 5.60 Å². The molecule has 0 bridgehead atoms. The van der Waals surface area contributed by atoms with Crippen LogP contribution in [0.3, 0.4) is 0 Å². The van der Waals surface area contributed by atoms with Gasteiger partial charge in [0, 0.05) is 0 Å². The molecule has 2 atom stereocenters. The van der Waals surface area contributed by atoms with E-state index in [0.717, 1.165) is 0 Å². The number of aliphatic hydroxyl groups is 2. The van der Waals surface area contributed by atoms with Crippen molar-refractivity contribution in [3.8, 4) is 0 Å². The van der Waals surface area contributed by atoms with E-state index in [1.165, 1.54) is 4.90 Å². The summed E-state index contributed by atoms with van der Waals surface area (Å²) in [6, 6.07) is -0.324. The molecule has 1 aliphatic rings. The number of hydrogen-bond acceptors (Lipinski definition) is 4. The summed E-state index contributed by atoms with van der Waals surface area (Å²) in [6.07, 6.45) is -0.622. The van der Waals surface area contributed by atoms with Crippen LogP contribution in [0.25, 0.3) is 0 Å². The minimum absolute atomic E-state index is 0.143. The zero-order chi connectivity index (χ0) is 11.6. The van der Waals surface area contributed by atoms with E-state index in [2.05, 4.69) is 0 Å². The lowest BCUT2D eigenvalue weighted by molar-refractivity contribution is 0.0162. The van der Waals surface area contributed by atoms with E-state index in [1.54, 1.807) is 20.8 Å². The Labute approximate surface area is 89.6 Å². The molecule has 0 aromatic rings. The first-order valence-corrected chi connectivity index (χ1v) is 5.12. The van der Waals surface area contributed by atoms with Crippen LogP contribution in [0, 0.1) is 0 Å². The molecule has 0 aliphatic carbocycles. The SMILES string of the molecule is CC(C)(C)OC(=O)N1C[C@@H](O)C[C@H]1CO. The summed E-state index contributed by atoms with van der Waals surface area (Å²) in [5, 5.41) is 18.4. The number of β-amino-alcohol motifs (C(OH)–C–C–N with tert-alkyl or cyclic N) is 1. The van der Waals surface area contributed by atoms with Crippen molar-refractivity contribution in [2.75, 3.05) is 13.2 Å². The van der Waals surface area contributed by atoms with Crippen molar-refractivity contribution in [3.63, 3.8) is 0 Å². The number of rotatable bonds is 1. The van der Waals surface area contributed by atoms with Gasteiger partial charge >= 0.3 is 6.09 Å². The number of carbonyl (C=O) groups is 1. The Hall–Kier alpha value is -0.810. The van der Waals surface area contributed by atoms with Crippen LogP contribution in [0.15, 0.2) is 0 Å². The summed E-state index contributed by atoms with van der Waals surface area (Å²) in [4.78, 5) is 13.0. The summed E-state index contributed by atoms with van der Waals surface area (Å²) in [5.74, 6) is 0. The van der Waals surface area contributed by atoms with Gasteiger partial charge in [0.25, 0.3) is 0 Å². The first-order chi connectivity index (χ1) is 6.83. The Morgan fingerprint density at radius 2 is 2.13 bits per heavy atom. The molecule has 5 heteroatoms. The molecule has 15 heavy (non-hydrogen) atoms. The van der Waals surface area contributed by atoms with Crippen LogP contribution in [0.2, 0.25) is 0 Å². The minimum Gasteiger partial charge on any atom is -0.444 e. The van der Waals surface area contributed by atoms with Crippen molar-refractivity contribution in [1.29, 1.82) is 0 Å². The summed E-state index contributed by atoms with van der Waals surface area (Å²) in [5.41, 5.74) is -0.551. The third-order valence-electron chi connectivity index (χ3n) is 2.23. The normalized spacial score (nSPS) is 26.9. The van der Waals surface area contributed by atoms with Gasteiger partial charge in [-0.25, -0.2) is 4.79 Å². The van der Waals surface area contributed by atoms with Gasteiger partial charge in [0.2, 0.25) is 0 Å². The molecule has 0 radical (unpaired) electrons. The Morgan fingerprint density at radius 3 is 2.60 bits per heavy atom. The van der Waals surface area contributed by atoms with Crippen molar-refractivity contribution < 1.29 is 19.7 Å². The molecule has 2 N–H and O–H groups in total. The minimum atomic E-state index is -0.560. The Bertz CT molecular complexity index is 236. The highest BCUT2D eigenvalue weighted by Gasteiger charge is 2.36. The summed E-state index contributed by atoms with van der Waals surface area (Å²) in [6.45, 7) is 5.44. The standard InChI is InChI=1S/C10H19NO4/c1-10(2,3)15-9(14)11-5-8(13)4-7(11)6-12/h7-8,12-13H,4-6H2,1-3H3/t7-,8-/m0/s1. The van der Waals surface area contributed by atoms with Gasteiger partial charge in [0.15, 0.2) is 0 Å². The van der Waals surface area contributed by atoms with Crippen LogP contribution in [-0.4, -0.2) is 52.1 Å². The monoisotopic (exact) mass is 217 g/mol. The van der Waals surface area contributed by atoms with Crippen molar-refractivity contribution in [3.05, 3.63) is 0 Å². The van der Waals surface area contributed by atoms with E-state index < -0.39 is 17.8 Å². The van der Waals surface area contributed by atoms with Crippen molar-refractivity contribution in [1.82, 2.24) is 4.90 Å². The molecule has 0 aromatic carbocycles. The summed E-state index contributed by atoms with van der Waals surface area (Å²) < 4.78 is 5.17. The van der Waals surface area contributed by atoms with Crippen LogP contribution in [-0.2, 0) is 4.74 Å². The molecule has 0 saturated carbocycles. The maximum atomic E-state index is 11.7. The van der Waals surface area contributed by atoms with Gasteiger partial charge in [-0.1, -0.05) is 0 Å². The molecule has 1 rings (SSSR count). The Kier molecular flexibility index (Phi) is 3.57. The number of ether oxygens (including phenoxy) is 1. The van der Waals surface area contributed by atoms with E-state index in [1.807, 2.05) is 0 Å². The number of aliphatic hydroxyl groups excluding tert-OH is 2. The number of likely N-dealkylation sites (tertiary alicyclic amines) is 1. The molecule has 0 aromatic heterocycles. The van der Waals surface area contributed by atoms with Crippen LogP contribution < -0.4 is 0 Å². The molecule has 88 valence electrons. The second-order valence-corrected chi connectivity index (χ2v) is 4.86. The molecule has 5 nitrogen and oxygen atoms in total. The van der Waals surface area contributed by atoms with Gasteiger partial charge in [0.05, 0.1) is 25.3 Å². The molecule has 1 fully saturated rings. The number of nitrogens with zero attached hydrogens (tertiary/aromatic N) is 1. The lowest BCUT2D eigenvalue weighted by Gasteiger charge is -2.27. The maximum absolute atomic E-state index is 11.7. The van der Waals surface area contributed by atoms with Gasteiger partial charge in [-0.3, -0.25) is 0 Å². The number of carbonyl (C=O) groups excluding carboxylic acids is 1. The lowest BCUT2D eigenvalue weighted by Crippen LogP contribution is -2.41. The van der Waals surface area contributed by atoms with E-state index in [9.17, 15) is 9.90 Å². The lowest BCUT2D eigenvalue weighted by atomic mass is 10.2. The smallest absolute Gasteiger partial charge is 0.410 e. The predicted molar refractivity (Wildman–Crippen MR) is 54.4 cm³/mol. The third-order valence-corrected chi connectivity index (χ3v) is 2.23. The first kappa shape index (κ1) is 12.3. The zero-order valence-electron chi connectivity index (χ0n) is 9.43. The zero-order valence-corrected chi connectivity index (χ0v) is 9.43. The fourth-order valence-electron chi connectivity index (χ4n) is 1.61. The average molecular weight is 217 g/mol. The van der Waals surface area contributed by atoms with E-state index >= 15 is 0 Å². The first-order valence-electron chi connectivity index (χ1n) is 5.12. The van der Waals surface area contributed by atoms with Gasteiger partial charge in [-0.05, 0) is 27.2 Å². The average Bonchev–Trinajstić information content (AvgIpc) is 2.43. The summed E-state index contributed by atoms with van der Waals surface area (Å²) in [7, 11) is 0. The summed E-state index contributed by atoms with van der Waals surface area (Å²) >= 11 is 0. The Morgan fingerprint density at radius 1 is 1.53 bits per heavy atom. The predicted octanol–water partition coefficient (Wildman–Crippen LogP) is 0.349. The molecule has 1 amide bonds. The highest BCUT2D eigenvalue weighted by atomic mass is 16.6. The van der Waals surface area contributed by atoms with E-state index in [-0.39, 0.29) is 19.2 Å². The molecule has 1 heterocycles. The number of amides is 1. The fourth-order valence-corrected chi connectivity index (χ4v) is 1.61. The van der Waals surface area contributed by atoms with Crippen LogP contribution in [0.5, 0.6) is 0 Å². The molecule has 1 saturated heterocycles. The van der Waals surface area contributed by atoms with Crippen LogP contribution in [0.1, 0.15) is 27.2 Å². The maximum Gasteiger partial charge on any atom is 0.410 e. The Balaban J connectivity index is 2.59. The second-order valence-electron chi connectivity index (χ2n) is 4.86. The van der Waals surface area contributed by atoms with Crippen molar-refractivity contribution in [2.45, 2.75) is 44.9 Å². The van der Waals surface area contributed by atoms with Crippen molar-refractivity contribution >= 4 is 6.09 Å². The van der Waals surface area contributed by atoms with Crippen LogP contribution >= 0.6 is 0 Å². The molecule has 1 aliphatic heterocycles. The largest absolute Gasteiger partial charge is 0.444 e. The van der Waals surface area contributed by atoms with E-state index in [4.69, 9.17) is 9.84 Å². The second kappa shape index (κ2) is 4.37. The van der Waals surface area contributed by atoms with Gasteiger partial charge in [-0.15, -0.1) is 0 Å². The molecule has 0 spiro atoms. The molecular formula is C10H19NO4. The van der Waals surface area contributed by atoms with Crippen molar-refractivity contribution in [2.24, 2.45) is 0 Å². The highest BCUT2D eigenvalue weighted by molar-refractivity contribution is 5.69. The van der Waals surface area contributed by atoms with Crippen LogP contribution in [0.4, 0.5) is 4.79 Å². The topological polar surface area (TPSA) is 70.0 Å². The fraction of sp³-hybridized carbons (Fsp3) is 0.900. The quantitative estimate of drug-likeness (QED) is 0.665. The third kappa shape index (κ3) is 3.35.